The summed E-state index contributed by atoms with van der Waals surface area (Å²) in [7, 11) is 0. The van der Waals surface area contributed by atoms with Crippen LogP contribution in [0.25, 0.3) is 5.78 Å². The van der Waals surface area contributed by atoms with Crippen LogP contribution >= 0.6 is 27.7 Å². The number of anilines is 2. The maximum absolute atomic E-state index is 12.2. The Morgan fingerprint density at radius 2 is 1.76 bits per heavy atom. The Labute approximate surface area is 180 Å². The summed E-state index contributed by atoms with van der Waals surface area (Å²) in [5, 5.41) is 10.8. The fourth-order valence-corrected chi connectivity index (χ4v) is 3.92. The van der Waals surface area contributed by atoms with Crippen LogP contribution in [0.1, 0.15) is 11.3 Å². The average molecular weight is 469 g/mol. The third kappa shape index (κ3) is 4.57. The van der Waals surface area contributed by atoms with Crippen LogP contribution in [0.2, 0.25) is 0 Å². The Hall–Kier alpha value is -2.91. The first-order valence-electron chi connectivity index (χ1n) is 8.77. The maximum Gasteiger partial charge on any atom is 0.323 e. The summed E-state index contributed by atoms with van der Waals surface area (Å²) in [6, 6.07) is 15.0. The Balaban J connectivity index is 1.43. The molecule has 4 aromatic rings. The first-order chi connectivity index (χ1) is 14.0. The lowest BCUT2D eigenvalue weighted by Crippen LogP contribution is -2.19. The van der Waals surface area contributed by atoms with E-state index in [4.69, 9.17) is 0 Å². The van der Waals surface area contributed by atoms with Crippen molar-refractivity contribution in [3.05, 3.63) is 70.6 Å². The molecule has 0 aliphatic rings. The molecule has 4 rings (SSSR count). The van der Waals surface area contributed by atoms with Gasteiger partial charge in [0.15, 0.2) is 0 Å². The minimum absolute atomic E-state index is 0.291. The van der Waals surface area contributed by atoms with E-state index in [2.05, 4.69) is 41.6 Å². The molecular formula is C20H17BrN6OS. The smallest absolute Gasteiger partial charge is 0.308 e. The minimum Gasteiger partial charge on any atom is -0.308 e. The van der Waals surface area contributed by atoms with Crippen LogP contribution in [0.3, 0.4) is 0 Å². The number of halogens is 1. The molecule has 7 nitrogen and oxygen atoms in total. The van der Waals surface area contributed by atoms with Crippen LogP contribution in [-0.2, 0) is 0 Å². The van der Waals surface area contributed by atoms with Gasteiger partial charge in [-0.1, -0.05) is 27.7 Å². The highest BCUT2D eigenvalue weighted by Crippen LogP contribution is 2.29. The summed E-state index contributed by atoms with van der Waals surface area (Å²) in [4.78, 5) is 21.8. The number of aryl methyl sites for hydroxylation is 2. The van der Waals surface area contributed by atoms with Crippen molar-refractivity contribution in [3.8, 4) is 0 Å². The first kappa shape index (κ1) is 19.4. The zero-order valence-corrected chi connectivity index (χ0v) is 18.1. The van der Waals surface area contributed by atoms with Gasteiger partial charge in [0.25, 0.3) is 5.78 Å². The standard InChI is InChI=1S/C20H17BrN6OS/c1-12-9-15(5-8-17(12)21)26-20(28)25-14-3-6-16(7-4-14)29-18-10-13(2)24-19-22-11-23-27(18)19/h3-11H,1-2H3,(H2,25,26,28). The summed E-state index contributed by atoms with van der Waals surface area (Å²) >= 11 is 5.01. The molecule has 2 amide bonds. The monoisotopic (exact) mass is 468 g/mol. The second-order valence-electron chi connectivity index (χ2n) is 6.38. The second kappa shape index (κ2) is 8.22. The Morgan fingerprint density at radius 1 is 1.03 bits per heavy atom. The summed E-state index contributed by atoms with van der Waals surface area (Å²) in [6.07, 6.45) is 1.49. The third-order valence-electron chi connectivity index (χ3n) is 4.10. The van der Waals surface area contributed by atoms with Crippen molar-refractivity contribution in [2.45, 2.75) is 23.8 Å². The van der Waals surface area contributed by atoms with E-state index in [1.165, 1.54) is 6.33 Å². The molecule has 0 saturated carbocycles. The Bertz CT molecular complexity index is 1190. The number of aromatic nitrogens is 4. The first-order valence-corrected chi connectivity index (χ1v) is 10.4. The van der Waals surface area contributed by atoms with Gasteiger partial charge in [0.05, 0.1) is 0 Å². The number of carbonyl (C=O) groups excluding carboxylic acids is 1. The fraction of sp³-hybridized carbons (Fsp3) is 0.100. The number of nitrogens with zero attached hydrogens (tertiary/aromatic N) is 4. The van der Waals surface area contributed by atoms with Crippen LogP contribution in [0, 0.1) is 13.8 Å². The van der Waals surface area contributed by atoms with Gasteiger partial charge in [-0.15, -0.1) is 0 Å². The van der Waals surface area contributed by atoms with Crippen LogP contribution in [-0.4, -0.2) is 25.6 Å². The molecule has 0 fully saturated rings. The Morgan fingerprint density at radius 3 is 2.52 bits per heavy atom. The van der Waals surface area contributed by atoms with Crippen molar-refractivity contribution in [1.82, 2.24) is 19.6 Å². The molecule has 0 bridgehead atoms. The van der Waals surface area contributed by atoms with Crippen molar-refractivity contribution in [3.63, 3.8) is 0 Å². The molecule has 0 saturated heterocycles. The number of hydrogen-bond acceptors (Lipinski definition) is 5. The predicted molar refractivity (Wildman–Crippen MR) is 118 cm³/mol. The molecule has 146 valence electrons. The third-order valence-corrected chi connectivity index (χ3v) is 6.00. The van der Waals surface area contributed by atoms with Gasteiger partial charge in [-0.2, -0.15) is 14.6 Å². The van der Waals surface area contributed by atoms with E-state index >= 15 is 0 Å². The van der Waals surface area contributed by atoms with Gasteiger partial charge in [-0.3, -0.25) is 0 Å². The van der Waals surface area contributed by atoms with Crippen molar-refractivity contribution in [2.24, 2.45) is 0 Å². The van der Waals surface area contributed by atoms with Gasteiger partial charge >= 0.3 is 6.03 Å². The normalized spacial score (nSPS) is 10.9. The number of fused-ring (bicyclic) bond motifs is 1. The molecule has 29 heavy (non-hydrogen) atoms. The SMILES string of the molecule is Cc1cc(Sc2ccc(NC(=O)Nc3ccc(Br)c(C)c3)cc2)n2ncnc2n1. The van der Waals surface area contributed by atoms with Gasteiger partial charge < -0.3 is 10.6 Å². The van der Waals surface area contributed by atoms with E-state index < -0.39 is 0 Å². The van der Waals surface area contributed by atoms with Gasteiger partial charge in [0.2, 0.25) is 0 Å². The number of hydrogen-bond donors (Lipinski definition) is 2. The lowest BCUT2D eigenvalue weighted by molar-refractivity contribution is 0.262. The molecule has 2 aromatic heterocycles. The van der Waals surface area contributed by atoms with E-state index in [0.717, 1.165) is 31.3 Å². The molecule has 0 atom stereocenters. The molecule has 9 heteroatoms. The number of urea groups is 1. The molecule has 2 N–H and O–H groups in total. The van der Waals surface area contributed by atoms with Crippen LogP contribution in [0.15, 0.2) is 69.3 Å². The van der Waals surface area contributed by atoms with Gasteiger partial charge in [-0.05, 0) is 67.9 Å². The average Bonchev–Trinajstić information content (AvgIpc) is 3.15. The van der Waals surface area contributed by atoms with E-state index in [1.807, 2.05) is 62.4 Å². The molecule has 0 aliphatic heterocycles. The van der Waals surface area contributed by atoms with E-state index in [0.29, 0.717) is 11.5 Å². The zero-order chi connectivity index (χ0) is 20.4. The van der Waals surface area contributed by atoms with E-state index in [9.17, 15) is 4.79 Å². The summed E-state index contributed by atoms with van der Waals surface area (Å²) in [5.74, 6) is 0.575. The molecule has 0 unspecified atom stereocenters. The highest BCUT2D eigenvalue weighted by molar-refractivity contribution is 9.10. The van der Waals surface area contributed by atoms with Crippen molar-refractivity contribution in [1.29, 1.82) is 0 Å². The molecule has 0 radical (unpaired) electrons. The van der Waals surface area contributed by atoms with Gasteiger partial charge in [0.1, 0.15) is 11.4 Å². The number of amides is 2. The molecule has 0 spiro atoms. The van der Waals surface area contributed by atoms with E-state index in [-0.39, 0.29) is 6.03 Å². The molecule has 2 heterocycles. The summed E-state index contributed by atoms with van der Waals surface area (Å²) in [5.41, 5.74) is 3.38. The Kier molecular flexibility index (Phi) is 5.50. The largest absolute Gasteiger partial charge is 0.323 e. The van der Waals surface area contributed by atoms with Crippen molar-refractivity contribution < 1.29 is 4.79 Å². The lowest BCUT2D eigenvalue weighted by atomic mass is 10.2. The van der Waals surface area contributed by atoms with Gasteiger partial charge in [-0.25, -0.2) is 9.78 Å². The molecule has 0 aliphatic carbocycles. The lowest BCUT2D eigenvalue weighted by Gasteiger charge is -2.10. The number of benzene rings is 2. The predicted octanol–water partition coefficient (Wildman–Crippen LogP) is 5.30. The summed E-state index contributed by atoms with van der Waals surface area (Å²) in [6.45, 7) is 3.90. The summed E-state index contributed by atoms with van der Waals surface area (Å²) < 4.78 is 2.71. The van der Waals surface area contributed by atoms with Crippen molar-refractivity contribution >= 4 is 50.9 Å². The van der Waals surface area contributed by atoms with E-state index in [1.54, 1.807) is 16.3 Å². The van der Waals surface area contributed by atoms with Crippen LogP contribution in [0.4, 0.5) is 16.2 Å². The minimum atomic E-state index is -0.291. The zero-order valence-electron chi connectivity index (χ0n) is 15.7. The number of nitrogens with one attached hydrogen (secondary N) is 2. The maximum atomic E-state index is 12.2. The van der Waals surface area contributed by atoms with Crippen LogP contribution in [0.5, 0.6) is 0 Å². The van der Waals surface area contributed by atoms with Crippen LogP contribution < -0.4 is 10.6 Å². The highest BCUT2D eigenvalue weighted by Gasteiger charge is 2.08. The topological polar surface area (TPSA) is 84.2 Å². The molecular weight excluding hydrogens is 452 g/mol. The van der Waals surface area contributed by atoms with Crippen molar-refractivity contribution in [2.75, 3.05) is 10.6 Å². The quantitative estimate of drug-likeness (QED) is 0.397. The molecule has 2 aromatic carbocycles. The second-order valence-corrected chi connectivity index (χ2v) is 8.33. The highest BCUT2D eigenvalue weighted by atomic mass is 79.9. The number of rotatable bonds is 4. The van der Waals surface area contributed by atoms with Gasteiger partial charge in [0, 0.05) is 26.4 Å². The fourth-order valence-electron chi connectivity index (χ4n) is 2.71. The number of carbonyl (C=O) groups is 1.